The van der Waals surface area contributed by atoms with Crippen LogP contribution in [0.4, 0.5) is 0 Å². The summed E-state index contributed by atoms with van der Waals surface area (Å²) in [5.74, 6) is -0.104. The highest BCUT2D eigenvalue weighted by Gasteiger charge is 2.26. The van der Waals surface area contributed by atoms with Gasteiger partial charge in [-0.1, -0.05) is 37.3 Å². The molecule has 1 amide bonds. The van der Waals surface area contributed by atoms with Crippen LogP contribution >= 0.6 is 0 Å². The largest absolute Gasteiger partial charge is 0.339 e. The molecule has 1 aromatic heterocycles. The number of hydrogen-bond donors (Lipinski definition) is 0. The lowest BCUT2D eigenvalue weighted by Crippen LogP contribution is -2.31. The minimum atomic E-state index is -3.81. The summed E-state index contributed by atoms with van der Waals surface area (Å²) in [6.07, 6.45) is 4.27. The predicted octanol–water partition coefficient (Wildman–Crippen LogP) is 4.52. The molecule has 0 N–H and O–H groups in total. The van der Waals surface area contributed by atoms with Crippen molar-refractivity contribution in [1.82, 2.24) is 14.2 Å². The van der Waals surface area contributed by atoms with E-state index in [0.29, 0.717) is 18.7 Å². The maximum atomic E-state index is 13.6. The summed E-state index contributed by atoms with van der Waals surface area (Å²) in [6.45, 7) is 7.57. The van der Waals surface area contributed by atoms with Gasteiger partial charge in [-0.3, -0.25) is 9.78 Å². The molecule has 174 valence electrons. The quantitative estimate of drug-likeness (QED) is 0.441. The highest BCUT2D eigenvalue weighted by atomic mass is 32.2. The maximum absolute atomic E-state index is 13.6. The number of hydrogen-bond acceptors (Lipinski definition) is 4. The van der Waals surface area contributed by atoms with Crippen molar-refractivity contribution < 1.29 is 13.2 Å². The predicted molar refractivity (Wildman–Crippen MR) is 130 cm³/mol. The number of amides is 1. The minimum absolute atomic E-state index is 0.104. The van der Waals surface area contributed by atoms with E-state index < -0.39 is 10.0 Å². The van der Waals surface area contributed by atoms with Crippen molar-refractivity contribution in [2.45, 2.75) is 45.2 Å². The van der Waals surface area contributed by atoms with Gasteiger partial charge in [-0.15, -0.1) is 0 Å². The van der Waals surface area contributed by atoms with Crippen LogP contribution in [0.3, 0.4) is 0 Å². The molecule has 0 radical (unpaired) electrons. The zero-order chi connectivity index (χ0) is 23.8. The van der Waals surface area contributed by atoms with E-state index in [-0.39, 0.29) is 23.9 Å². The van der Waals surface area contributed by atoms with Crippen LogP contribution in [-0.4, -0.2) is 41.6 Å². The average Bonchev–Trinajstić information content (AvgIpc) is 2.85. The summed E-state index contributed by atoms with van der Waals surface area (Å²) in [7, 11) is -3.81. The van der Waals surface area contributed by atoms with Gasteiger partial charge in [-0.25, -0.2) is 8.42 Å². The zero-order valence-corrected chi connectivity index (χ0v) is 20.3. The lowest BCUT2D eigenvalue weighted by Gasteiger charge is -2.23. The van der Waals surface area contributed by atoms with Gasteiger partial charge in [-0.2, -0.15) is 4.31 Å². The van der Waals surface area contributed by atoms with E-state index in [4.69, 9.17) is 0 Å². The molecule has 0 saturated heterocycles. The van der Waals surface area contributed by atoms with Gasteiger partial charge in [0.25, 0.3) is 5.91 Å². The van der Waals surface area contributed by atoms with Crippen LogP contribution in [0.2, 0.25) is 0 Å². The Morgan fingerprint density at radius 3 is 1.97 bits per heavy atom. The van der Waals surface area contributed by atoms with Crippen LogP contribution in [0, 0.1) is 0 Å². The standard InChI is InChI=1S/C26H31N3O3S/c1-4-21-9-11-22(12-10-21)19-29(20-23-8-7-17-27-18-23)33(31,32)25-15-13-24(14-16-25)26(30)28(5-2)6-3/h7-18H,4-6,19-20H2,1-3H3. The van der Waals surface area contributed by atoms with Crippen molar-refractivity contribution in [3.8, 4) is 0 Å². The normalized spacial score (nSPS) is 11.5. The Labute approximate surface area is 196 Å². The molecule has 1 heterocycles. The second-order valence-electron chi connectivity index (χ2n) is 7.81. The van der Waals surface area contributed by atoms with Crippen LogP contribution in [0.5, 0.6) is 0 Å². The first-order chi connectivity index (χ1) is 15.9. The number of aromatic nitrogens is 1. The molecule has 0 aliphatic rings. The van der Waals surface area contributed by atoms with Crippen molar-refractivity contribution in [3.05, 3.63) is 95.3 Å². The molecule has 0 aliphatic carbocycles. The van der Waals surface area contributed by atoms with Crippen molar-refractivity contribution in [1.29, 1.82) is 0 Å². The first kappa shape index (κ1) is 24.6. The molecule has 0 aliphatic heterocycles. The summed E-state index contributed by atoms with van der Waals surface area (Å²) in [4.78, 5) is 18.6. The summed E-state index contributed by atoms with van der Waals surface area (Å²) in [6, 6.07) is 17.9. The lowest BCUT2D eigenvalue weighted by molar-refractivity contribution is 0.0773. The Morgan fingerprint density at radius 1 is 0.818 bits per heavy atom. The van der Waals surface area contributed by atoms with Crippen molar-refractivity contribution in [2.75, 3.05) is 13.1 Å². The number of carbonyl (C=O) groups is 1. The summed E-state index contributed by atoms with van der Waals surface area (Å²) in [5.41, 5.74) is 3.40. The summed E-state index contributed by atoms with van der Waals surface area (Å²) in [5, 5.41) is 0. The Bertz CT molecular complexity index is 1140. The molecule has 0 spiro atoms. The monoisotopic (exact) mass is 465 g/mol. The molecule has 3 aromatic rings. The third-order valence-electron chi connectivity index (χ3n) is 5.66. The first-order valence-corrected chi connectivity index (χ1v) is 12.7. The van der Waals surface area contributed by atoms with Crippen LogP contribution in [-0.2, 0) is 29.5 Å². The molecule has 0 saturated carbocycles. The minimum Gasteiger partial charge on any atom is -0.339 e. The number of carbonyl (C=O) groups excluding carboxylic acids is 1. The number of nitrogens with zero attached hydrogens (tertiary/aromatic N) is 3. The van der Waals surface area contributed by atoms with Crippen molar-refractivity contribution in [2.24, 2.45) is 0 Å². The molecule has 3 rings (SSSR count). The summed E-state index contributed by atoms with van der Waals surface area (Å²) >= 11 is 0. The highest BCUT2D eigenvalue weighted by molar-refractivity contribution is 7.89. The number of rotatable bonds is 10. The number of sulfonamides is 1. The van der Waals surface area contributed by atoms with Gasteiger partial charge in [0.1, 0.15) is 0 Å². The fraction of sp³-hybridized carbons (Fsp3) is 0.308. The first-order valence-electron chi connectivity index (χ1n) is 11.2. The molecule has 0 unspecified atom stereocenters. The summed E-state index contributed by atoms with van der Waals surface area (Å²) < 4.78 is 28.7. The molecule has 0 atom stereocenters. The molecule has 0 fully saturated rings. The van der Waals surface area contributed by atoms with Crippen LogP contribution in [0.25, 0.3) is 0 Å². The molecule has 33 heavy (non-hydrogen) atoms. The number of pyridine rings is 1. The SMILES string of the molecule is CCc1ccc(CN(Cc2cccnc2)S(=O)(=O)c2ccc(C(=O)N(CC)CC)cc2)cc1. The molecular weight excluding hydrogens is 434 g/mol. The van der Waals surface area contributed by atoms with Crippen LogP contribution in [0.15, 0.2) is 78.0 Å². The fourth-order valence-corrected chi connectivity index (χ4v) is 5.03. The van der Waals surface area contributed by atoms with Gasteiger partial charge in [0, 0.05) is 44.1 Å². The number of aryl methyl sites for hydroxylation is 1. The van der Waals surface area contributed by atoms with Gasteiger partial charge in [0.15, 0.2) is 0 Å². The maximum Gasteiger partial charge on any atom is 0.253 e. The van der Waals surface area contributed by atoms with Gasteiger partial charge < -0.3 is 4.90 Å². The van der Waals surface area contributed by atoms with Crippen molar-refractivity contribution >= 4 is 15.9 Å². The smallest absolute Gasteiger partial charge is 0.253 e. The fourth-order valence-electron chi connectivity index (χ4n) is 3.62. The third-order valence-corrected chi connectivity index (χ3v) is 7.47. The Hall–Kier alpha value is -3.03. The second-order valence-corrected chi connectivity index (χ2v) is 9.74. The topological polar surface area (TPSA) is 70.6 Å². The van der Waals surface area contributed by atoms with Gasteiger partial charge >= 0.3 is 0 Å². The second kappa shape index (κ2) is 11.2. The Balaban J connectivity index is 1.91. The third kappa shape index (κ3) is 6.06. The van der Waals surface area contributed by atoms with Gasteiger partial charge in [0.2, 0.25) is 10.0 Å². The van der Waals surface area contributed by atoms with Gasteiger partial charge in [-0.05, 0) is 67.3 Å². The molecule has 2 aromatic carbocycles. The van der Waals surface area contributed by atoms with Crippen LogP contribution < -0.4 is 0 Å². The lowest BCUT2D eigenvalue weighted by atomic mass is 10.1. The zero-order valence-electron chi connectivity index (χ0n) is 19.4. The van der Waals surface area contributed by atoms with E-state index in [0.717, 1.165) is 17.5 Å². The Kier molecular flexibility index (Phi) is 8.36. The molecule has 7 heteroatoms. The number of benzene rings is 2. The van der Waals surface area contributed by atoms with Crippen LogP contribution in [0.1, 0.15) is 47.8 Å². The van der Waals surface area contributed by atoms with E-state index in [1.165, 1.54) is 22.0 Å². The van der Waals surface area contributed by atoms with E-state index in [9.17, 15) is 13.2 Å². The molecular formula is C26H31N3O3S. The van der Waals surface area contributed by atoms with E-state index >= 15 is 0 Å². The highest BCUT2D eigenvalue weighted by Crippen LogP contribution is 2.22. The molecule has 6 nitrogen and oxygen atoms in total. The average molecular weight is 466 g/mol. The Morgan fingerprint density at radius 2 is 1.42 bits per heavy atom. The van der Waals surface area contributed by atoms with Crippen molar-refractivity contribution in [3.63, 3.8) is 0 Å². The van der Waals surface area contributed by atoms with E-state index in [2.05, 4.69) is 11.9 Å². The molecule has 0 bridgehead atoms. The van der Waals surface area contributed by atoms with Gasteiger partial charge in [0.05, 0.1) is 4.90 Å². The van der Waals surface area contributed by atoms with E-state index in [1.54, 1.807) is 35.5 Å². The van der Waals surface area contributed by atoms with E-state index in [1.807, 2.05) is 44.2 Å².